The summed E-state index contributed by atoms with van der Waals surface area (Å²) in [7, 11) is 1.35. The van der Waals surface area contributed by atoms with Gasteiger partial charge in [0.15, 0.2) is 5.78 Å². The van der Waals surface area contributed by atoms with E-state index in [1.807, 2.05) is 12.1 Å². The van der Waals surface area contributed by atoms with Gasteiger partial charge in [-0.1, -0.05) is 40.0 Å². The Kier molecular flexibility index (Phi) is 11.9. The van der Waals surface area contributed by atoms with Gasteiger partial charge in [0.25, 0.3) is 0 Å². The van der Waals surface area contributed by atoms with Gasteiger partial charge < -0.3 is 18.8 Å². The number of carbonyl (C=O) groups is 2. The molecule has 6 nitrogen and oxygen atoms in total. The van der Waals surface area contributed by atoms with Gasteiger partial charge in [-0.25, -0.2) is 4.79 Å². The third kappa shape index (κ3) is 7.94. The van der Waals surface area contributed by atoms with E-state index in [9.17, 15) is 9.59 Å². The zero-order valence-electron chi connectivity index (χ0n) is 23.5. The van der Waals surface area contributed by atoms with Gasteiger partial charge in [0.1, 0.15) is 17.1 Å². The molecule has 0 N–H and O–H groups in total. The molecule has 0 radical (unpaired) electrons. The molecule has 0 amide bonds. The molecule has 1 heterocycles. The van der Waals surface area contributed by atoms with Gasteiger partial charge in [-0.2, -0.15) is 0 Å². The van der Waals surface area contributed by atoms with E-state index in [2.05, 4.69) is 25.7 Å². The van der Waals surface area contributed by atoms with E-state index < -0.39 is 5.97 Å². The molecule has 0 atom stereocenters. The van der Waals surface area contributed by atoms with Gasteiger partial charge in [0.2, 0.25) is 0 Å². The lowest BCUT2D eigenvalue weighted by Gasteiger charge is -2.21. The molecule has 38 heavy (non-hydrogen) atoms. The highest BCUT2D eigenvalue weighted by molar-refractivity contribution is 6.17. The molecule has 3 rings (SSSR count). The highest BCUT2D eigenvalue weighted by Crippen LogP contribution is 2.31. The minimum atomic E-state index is -0.443. The third-order valence-corrected chi connectivity index (χ3v) is 6.83. The van der Waals surface area contributed by atoms with Crippen molar-refractivity contribution in [2.24, 2.45) is 0 Å². The predicted molar refractivity (Wildman–Crippen MR) is 152 cm³/mol. The number of unbranched alkanes of at least 4 members (excludes halogenated alkanes) is 3. The van der Waals surface area contributed by atoms with Crippen molar-refractivity contribution in [2.45, 2.75) is 72.1 Å². The van der Waals surface area contributed by atoms with Crippen LogP contribution in [0.2, 0.25) is 0 Å². The number of nitrogens with zero attached hydrogens (tertiary/aromatic N) is 1. The summed E-state index contributed by atoms with van der Waals surface area (Å²) in [4.78, 5) is 28.3. The zero-order valence-corrected chi connectivity index (χ0v) is 23.5. The van der Waals surface area contributed by atoms with Crippen LogP contribution in [0.25, 0.3) is 11.0 Å². The first kappa shape index (κ1) is 29.4. The first-order valence-corrected chi connectivity index (χ1v) is 14.2. The Hall–Kier alpha value is -3.12. The Morgan fingerprint density at radius 3 is 2.08 bits per heavy atom. The SMILES string of the molecule is CCCCc1oc2ccc(C(=O)OC)cc2c1C(=O)c1ccc(OCCCN(CCCC)CCCC)cc1. The van der Waals surface area contributed by atoms with Gasteiger partial charge in [-0.15, -0.1) is 0 Å². The van der Waals surface area contributed by atoms with E-state index in [4.69, 9.17) is 13.9 Å². The maximum absolute atomic E-state index is 13.7. The van der Waals surface area contributed by atoms with E-state index >= 15 is 0 Å². The van der Waals surface area contributed by atoms with Crippen molar-refractivity contribution in [3.05, 3.63) is 64.9 Å². The molecule has 3 aromatic rings. The summed E-state index contributed by atoms with van der Waals surface area (Å²) in [5.41, 5.74) is 2.07. The fourth-order valence-electron chi connectivity index (χ4n) is 4.58. The fourth-order valence-corrected chi connectivity index (χ4v) is 4.58. The van der Waals surface area contributed by atoms with Gasteiger partial charge >= 0.3 is 5.97 Å². The monoisotopic (exact) mass is 521 g/mol. The number of ether oxygens (including phenoxy) is 2. The number of furan rings is 1. The minimum Gasteiger partial charge on any atom is -0.494 e. The Morgan fingerprint density at radius 1 is 0.816 bits per heavy atom. The van der Waals surface area contributed by atoms with Gasteiger partial charge in [-0.3, -0.25) is 4.79 Å². The summed E-state index contributed by atoms with van der Waals surface area (Å²) >= 11 is 0. The summed E-state index contributed by atoms with van der Waals surface area (Å²) in [6, 6.07) is 12.4. The standard InChI is InChI=1S/C32H43NO5/c1-5-8-12-29-30(27-23-25(32(35)36-4)15-18-28(27)38-29)31(34)24-13-16-26(17-14-24)37-22-11-21-33(19-9-6-2)20-10-7-3/h13-18,23H,5-12,19-22H2,1-4H3. The van der Waals surface area contributed by atoms with E-state index in [-0.39, 0.29) is 5.78 Å². The van der Waals surface area contributed by atoms with Crippen molar-refractivity contribution < 1.29 is 23.5 Å². The summed E-state index contributed by atoms with van der Waals surface area (Å²) in [5.74, 6) is 0.851. The van der Waals surface area contributed by atoms with E-state index in [1.54, 1.807) is 30.3 Å². The molecular weight excluding hydrogens is 478 g/mol. The number of ketones is 1. The van der Waals surface area contributed by atoms with Gasteiger partial charge in [-0.05, 0) is 81.2 Å². The highest BCUT2D eigenvalue weighted by Gasteiger charge is 2.23. The molecule has 0 spiro atoms. The molecule has 0 bridgehead atoms. The lowest BCUT2D eigenvalue weighted by Crippen LogP contribution is -2.28. The van der Waals surface area contributed by atoms with Crippen LogP contribution in [0.4, 0.5) is 0 Å². The quantitative estimate of drug-likeness (QED) is 0.104. The maximum atomic E-state index is 13.7. The molecule has 6 heteroatoms. The van der Waals surface area contributed by atoms with E-state index in [1.165, 1.54) is 32.8 Å². The van der Waals surface area contributed by atoms with Crippen molar-refractivity contribution >= 4 is 22.7 Å². The second-order valence-corrected chi connectivity index (χ2v) is 9.81. The maximum Gasteiger partial charge on any atom is 0.337 e. The van der Waals surface area contributed by atoms with Crippen LogP contribution in [-0.4, -0.2) is 50.0 Å². The molecule has 2 aromatic carbocycles. The highest BCUT2D eigenvalue weighted by atomic mass is 16.5. The summed E-state index contributed by atoms with van der Waals surface area (Å²) in [6.07, 6.45) is 8.42. The topological polar surface area (TPSA) is 69.0 Å². The molecule has 1 aromatic heterocycles. The fraction of sp³-hybridized carbons (Fsp3) is 0.500. The number of methoxy groups -OCH3 is 1. The number of esters is 1. The van der Waals surface area contributed by atoms with E-state index in [0.717, 1.165) is 44.6 Å². The van der Waals surface area contributed by atoms with Gasteiger partial charge in [0, 0.05) is 23.9 Å². The lowest BCUT2D eigenvalue weighted by atomic mass is 9.97. The molecule has 0 aliphatic carbocycles. The Bertz CT molecular complexity index is 1160. The number of carbonyl (C=O) groups excluding carboxylic acids is 2. The number of aryl methyl sites for hydroxylation is 1. The van der Waals surface area contributed by atoms with Crippen LogP contribution < -0.4 is 4.74 Å². The van der Waals surface area contributed by atoms with Crippen molar-refractivity contribution in [1.82, 2.24) is 4.90 Å². The molecule has 0 fully saturated rings. The number of rotatable bonds is 17. The molecule has 0 aliphatic rings. The van der Waals surface area contributed by atoms with E-state index in [0.29, 0.717) is 46.4 Å². The van der Waals surface area contributed by atoms with Crippen LogP contribution in [0.3, 0.4) is 0 Å². The molecule has 0 saturated carbocycles. The number of hydrogen-bond donors (Lipinski definition) is 0. The first-order valence-electron chi connectivity index (χ1n) is 14.2. The van der Waals surface area contributed by atoms with Crippen molar-refractivity contribution in [3.63, 3.8) is 0 Å². The predicted octanol–water partition coefficient (Wildman–Crippen LogP) is 7.46. The second-order valence-electron chi connectivity index (χ2n) is 9.81. The first-order chi connectivity index (χ1) is 18.5. The normalized spacial score (nSPS) is 11.3. The number of hydrogen-bond acceptors (Lipinski definition) is 6. The van der Waals surface area contributed by atoms with Crippen molar-refractivity contribution in [3.8, 4) is 5.75 Å². The van der Waals surface area contributed by atoms with Crippen LogP contribution in [0.1, 0.15) is 97.8 Å². The molecule has 206 valence electrons. The van der Waals surface area contributed by atoms with Crippen LogP contribution >= 0.6 is 0 Å². The average molecular weight is 522 g/mol. The zero-order chi connectivity index (χ0) is 27.3. The van der Waals surface area contributed by atoms with Crippen LogP contribution in [0.5, 0.6) is 5.75 Å². The van der Waals surface area contributed by atoms with Gasteiger partial charge in [0.05, 0.1) is 24.8 Å². The number of benzene rings is 2. The molecular formula is C32H43NO5. The molecule has 0 aliphatic heterocycles. The third-order valence-electron chi connectivity index (χ3n) is 6.83. The largest absolute Gasteiger partial charge is 0.494 e. The molecule has 0 saturated heterocycles. The molecule has 0 unspecified atom stereocenters. The Morgan fingerprint density at radius 2 is 1.45 bits per heavy atom. The van der Waals surface area contributed by atoms with Crippen molar-refractivity contribution in [1.29, 1.82) is 0 Å². The van der Waals surface area contributed by atoms with Crippen LogP contribution in [-0.2, 0) is 11.2 Å². The Balaban J connectivity index is 1.70. The minimum absolute atomic E-state index is 0.120. The smallest absolute Gasteiger partial charge is 0.337 e. The lowest BCUT2D eigenvalue weighted by molar-refractivity contribution is 0.0600. The summed E-state index contributed by atoms with van der Waals surface area (Å²) in [5, 5.41) is 0.639. The van der Waals surface area contributed by atoms with Crippen molar-refractivity contribution in [2.75, 3.05) is 33.4 Å². The Labute approximate surface area is 227 Å². The second kappa shape index (κ2) is 15.3. The van der Waals surface area contributed by atoms with Crippen LogP contribution in [0.15, 0.2) is 46.9 Å². The van der Waals surface area contributed by atoms with Crippen LogP contribution in [0, 0.1) is 0 Å². The summed E-state index contributed by atoms with van der Waals surface area (Å²) < 4.78 is 16.9. The average Bonchev–Trinajstić information content (AvgIpc) is 3.32. The summed E-state index contributed by atoms with van der Waals surface area (Å²) in [6.45, 7) is 10.6. The number of fused-ring (bicyclic) bond motifs is 1.